The van der Waals surface area contributed by atoms with Crippen LogP contribution in [0.1, 0.15) is 66.3 Å². The van der Waals surface area contributed by atoms with E-state index in [2.05, 4.69) is 84.5 Å². The Hall–Kier alpha value is -4.36. The Bertz CT molecular complexity index is 1750. The van der Waals surface area contributed by atoms with Crippen LogP contribution in [0.25, 0.3) is 33.2 Å². The highest BCUT2D eigenvalue weighted by molar-refractivity contribution is 6.04. The molecule has 0 aromatic heterocycles. The van der Waals surface area contributed by atoms with E-state index in [0.29, 0.717) is 5.69 Å². The highest BCUT2D eigenvalue weighted by Gasteiger charge is 2.29. The largest absolute Gasteiger partial charge is 0.240 e. The number of benzene rings is 4. The molecule has 0 saturated heterocycles. The van der Waals surface area contributed by atoms with Gasteiger partial charge in [-0.1, -0.05) is 74.5 Å². The van der Waals surface area contributed by atoms with Crippen molar-refractivity contribution in [2.24, 2.45) is 9.98 Å². The lowest BCUT2D eigenvalue weighted by atomic mass is 9.74. The fraction of sp³-hybridized carbons (Fsp3) is 0.212. The lowest BCUT2D eigenvalue weighted by Crippen LogP contribution is -2.11. The predicted molar refractivity (Wildman–Crippen MR) is 150 cm³/mol. The van der Waals surface area contributed by atoms with Gasteiger partial charge < -0.3 is 0 Å². The van der Waals surface area contributed by atoms with Crippen LogP contribution in [0.15, 0.2) is 76.7 Å². The first kappa shape index (κ1) is 23.1. The summed E-state index contributed by atoms with van der Waals surface area (Å²) in [5.74, 6) is 0.430. The van der Waals surface area contributed by atoms with E-state index >= 15 is 0 Å². The van der Waals surface area contributed by atoms with Gasteiger partial charge in [0.25, 0.3) is 0 Å². The minimum atomic E-state index is 0.213. The molecule has 0 aliphatic heterocycles. The third kappa shape index (κ3) is 3.62. The fourth-order valence-electron chi connectivity index (χ4n) is 6.35. The maximum absolute atomic E-state index is 11.4. The van der Waals surface area contributed by atoms with Gasteiger partial charge in [0.2, 0.25) is 12.2 Å². The first-order valence-corrected chi connectivity index (χ1v) is 12.9. The van der Waals surface area contributed by atoms with E-state index in [4.69, 9.17) is 0 Å². The van der Waals surface area contributed by atoms with Gasteiger partial charge in [-0.2, -0.15) is 9.98 Å². The van der Waals surface area contributed by atoms with Crippen LogP contribution in [0.3, 0.4) is 0 Å². The van der Waals surface area contributed by atoms with Gasteiger partial charge in [-0.15, -0.1) is 0 Å². The van der Waals surface area contributed by atoms with Crippen molar-refractivity contribution < 1.29 is 9.59 Å². The summed E-state index contributed by atoms with van der Waals surface area (Å²) in [4.78, 5) is 30.5. The zero-order chi connectivity index (χ0) is 25.5. The molecule has 0 saturated carbocycles. The molecule has 4 nitrogen and oxygen atoms in total. The zero-order valence-corrected chi connectivity index (χ0v) is 20.9. The SMILES string of the molecule is CCC1=CC(CC2C=Cc3c(N=C=O)ccc4cccc2c34)c2cccc3cc(CC)c(N=C=O)c1c23. The summed E-state index contributed by atoms with van der Waals surface area (Å²) in [6.07, 6.45) is 12.8. The van der Waals surface area contributed by atoms with Crippen molar-refractivity contribution in [3.05, 3.63) is 94.6 Å². The monoisotopic (exact) mass is 482 g/mol. The average Bonchev–Trinajstić information content (AvgIpc) is 2.93. The molecule has 4 aromatic rings. The average molecular weight is 483 g/mol. The van der Waals surface area contributed by atoms with Crippen molar-refractivity contribution in [1.82, 2.24) is 0 Å². The molecule has 0 fully saturated rings. The van der Waals surface area contributed by atoms with E-state index < -0.39 is 0 Å². The third-order valence-electron chi connectivity index (χ3n) is 7.96. The van der Waals surface area contributed by atoms with Crippen LogP contribution in [-0.2, 0) is 16.0 Å². The molecule has 6 rings (SSSR count). The lowest BCUT2D eigenvalue weighted by Gasteiger charge is -2.30. The highest BCUT2D eigenvalue weighted by Crippen LogP contribution is 2.49. The molecular weight excluding hydrogens is 456 g/mol. The smallest absolute Gasteiger partial charge is 0.211 e. The standard InChI is InChI=1S/C33H26N2O2/c1-3-20-15-25(27-10-6-8-24-16-21(4-2)33(35-19-37)32(20)31(24)27)17-23-11-13-28-29(34-18-36)14-12-22-7-5-9-26(23)30(22)28/h5-16,23,25H,3-4,17H2,1-2H3. The van der Waals surface area contributed by atoms with Crippen LogP contribution in [-0.4, -0.2) is 12.2 Å². The van der Waals surface area contributed by atoms with Crippen molar-refractivity contribution in [2.45, 2.75) is 44.9 Å². The van der Waals surface area contributed by atoms with Crippen LogP contribution in [0, 0.1) is 0 Å². The number of nitrogens with zero attached hydrogens (tertiary/aromatic N) is 2. The summed E-state index contributed by atoms with van der Waals surface area (Å²) in [6, 6.07) is 19.0. The van der Waals surface area contributed by atoms with E-state index in [0.717, 1.165) is 52.4 Å². The number of aryl methyl sites for hydroxylation is 1. The Kier molecular flexibility index (Phi) is 5.77. The Balaban J connectivity index is 1.51. The van der Waals surface area contributed by atoms with Crippen LogP contribution < -0.4 is 0 Å². The van der Waals surface area contributed by atoms with Gasteiger partial charge in [-0.3, -0.25) is 0 Å². The second-order valence-electron chi connectivity index (χ2n) is 9.76. The Morgan fingerprint density at radius 1 is 0.811 bits per heavy atom. The van der Waals surface area contributed by atoms with Crippen molar-refractivity contribution in [2.75, 3.05) is 0 Å². The van der Waals surface area contributed by atoms with Gasteiger partial charge in [-0.05, 0) is 75.2 Å². The van der Waals surface area contributed by atoms with Crippen LogP contribution >= 0.6 is 0 Å². The summed E-state index contributed by atoms with van der Waals surface area (Å²) in [5.41, 5.74) is 8.35. The minimum Gasteiger partial charge on any atom is -0.211 e. The van der Waals surface area contributed by atoms with E-state index in [1.54, 1.807) is 12.2 Å². The zero-order valence-electron chi connectivity index (χ0n) is 20.9. The van der Waals surface area contributed by atoms with Gasteiger partial charge in [0, 0.05) is 23.0 Å². The summed E-state index contributed by atoms with van der Waals surface area (Å²) in [6.45, 7) is 4.27. The molecule has 0 amide bonds. The quantitative estimate of drug-likeness (QED) is 0.204. The van der Waals surface area contributed by atoms with E-state index in [9.17, 15) is 9.59 Å². The summed E-state index contributed by atoms with van der Waals surface area (Å²) in [5, 5.41) is 4.71. The van der Waals surface area contributed by atoms with E-state index in [-0.39, 0.29) is 11.8 Å². The van der Waals surface area contributed by atoms with Crippen LogP contribution in [0.5, 0.6) is 0 Å². The molecule has 2 aliphatic rings. The molecule has 4 aromatic carbocycles. The maximum Gasteiger partial charge on any atom is 0.240 e. The van der Waals surface area contributed by atoms with Crippen LogP contribution in [0.4, 0.5) is 11.4 Å². The summed E-state index contributed by atoms with van der Waals surface area (Å²) < 4.78 is 0. The molecule has 0 bridgehead atoms. The maximum atomic E-state index is 11.4. The molecule has 37 heavy (non-hydrogen) atoms. The van der Waals surface area contributed by atoms with Gasteiger partial charge in [0.1, 0.15) is 0 Å². The molecule has 0 spiro atoms. The molecule has 4 heteroatoms. The molecule has 0 N–H and O–H groups in total. The number of aliphatic imine (C=N–C) groups is 2. The fourth-order valence-corrected chi connectivity index (χ4v) is 6.35. The van der Waals surface area contributed by atoms with Gasteiger partial charge in [0.15, 0.2) is 0 Å². The topological polar surface area (TPSA) is 58.9 Å². The van der Waals surface area contributed by atoms with Crippen molar-refractivity contribution in [3.63, 3.8) is 0 Å². The first-order valence-electron chi connectivity index (χ1n) is 12.9. The van der Waals surface area contributed by atoms with Gasteiger partial charge in [-0.25, -0.2) is 9.59 Å². The van der Waals surface area contributed by atoms with E-state index in [1.807, 2.05) is 12.1 Å². The lowest BCUT2D eigenvalue weighted by molar-refractivity contribution is 0.564. The Labute approximate surface area is 215 Å². The van der Waals surface area contributed by atoms with Crippen molar-refractivity contribution >= 4 is 56.7 Å². The second kappa shape index (κ2) is 9.26. The number of allylic oxidation sites excluding steroid dienone is 3. The Morgan fingerprint density at radius 3 is 2.30 bits per heavy atom. The number of hydrogen-bond acceptors (Lipinski definition) is 4. The summed E-state index contributed by atoms with van der Waals surface area (Å²) in [7, 11) is 0. The predicted octanol–water partition coefficient (Wildman–Crippen LogP) is 8.58. The van der Waals surface area contributed by atoms with Gasteiger partial charge in [0.05, 0.1) is 11.4 Å². The number of rotatable bonds is 6. The molecule has 2 aliphatic carbocycles. The number of carbonyl (C=O) groups excluding carboxylic acids is 2. The Morgan fingerprint density at radius 2 is 1.57 bits per heavy atom. The molecule has 0 radical (unpaired) electrons. The molecule has 2 atom stereocenters. The van der Waals surface area contributed by atoms with Crippen LogP contribution in [0.2, 0.25) is 0 Å². The highest BCUT2D eigenvalue weighted by atomic mass is 16.1. The first-order chi connectivity index (χ1) is 18.2. The van der Waals surface area contributed by atoms with E-state index in [1.165, 1.54) is 27.5 Å². The van der Waals surface area contributed by atoms with Gasteiger partial charge >= 0.3 is 0 Å². The summed E-state index contributed by atoms with van der Waals surface area (Å²) >= 11 is 0. The molecule has 0 heterocycles. The molecule has 2 unspecified atom stereocenters. The number of hydrogen-bond donors (Lipinski definition) is 0. The van der Waals surface area contributed by atoms with Crippen molar-refractivity contribution in [3.8, 4) is 0 Å². The minimum absolute atomic E-state index is 0.213. The normalized spacial score (nSPS) is 17.3. The number of isocyanates is 2. The van der Waals surface area contributed by atoms with Crippen molar-refractivity contribution in [1.29, 1.82) is 0 Å². The second-order valence-corrected chi connectivity index (χ2v) is 9.76. The molecular formula is C33H26N2O2. The molecule has 180 valence electrons. The third-order valence-corrected chi connectivity index (χ3v) is 7.96.